The van der Waals surface area contributed by atoms with Gasteiger partial charge in [-0.25, -0.2) is 0 Å². The molecule has 1 atom stereocenters. The Morgan fingerprint density at radius 1 is 1.45 bits per heavy atom. The molecule has 1 aliphatic heterocycles. The van der Waals surface area contributed by atoms with E-state index in [4.69, 9.17) is 4.74 Å². The highest BCUT2D eigenvalue weighted by atomic mass is 127. The molecule has 0 aliphatic carbocycles. The molecule has 116 valence electrons. The van der Waals surface area contributed by atoms with Crippen LogP contribution in [0.25, 0.3) is 0 Å². The normalized spacial score (nSPS) is 18.1. The summed E-state index contributed by atoms with van der Waals surface area (Å²) in [6.07, 6.45) is 7.19. The maximum atomic E-state index is 12.2. The Balaban J connectivity index is 1.60. The molecule has 2 aromatic rings. The quantitative estimate of drug-likeness (QED) is 0.786. The van der Waals surface area contributed by atoms with Crippen LogP contribution >= 0.6 is 22.6 Å². The molecule has 0 radical (unpaired) electrons. The SMILES string of the molecule is O=C(Nc1cnn(CC2CCCCO2)c1)c1cccc(I)c1. The Labute approximate surface area is 143 Å². The second kappa shape index (κ2) is 7.23. The highest BCUT2D eigenvalue weighted by Crippen LogP contribution is 2.16. The Bertz CT molecular complexity index is 650. The molecule has 5 nitrogen and oxygen atoms in total. The first-order valence-electron chi connectivity index (χ1n) is 7.42. The van der Waals surface area contributed by atoms with Gasteiger partial charge >= 0.3 is 0 Å². The molecule has 0 spiro atoms. The zero-order valence-corrected chi connectivity index (χ0v) is 14.3. The van der Waals surface area contributed by atoms with E-state index in [1.807, 2.05) is 29.1 Å². The van der Waals surface area contributed by atoms with Gasteiger partial charge in [0.2, 0.25) is 0 Å². The Hall–Kier alpha value is -1.41. The van der Waals surface area contributed by atoms with Gasteiger partial charge in [0.15, 0.2) is 0 Å². The van der Waals surface area contributed by atoms with Gasteiger partial charge in [0.25, 0.3) is 5.91 Å². The lowest BCUT2D eigenvalue weighted by atomic mass is 10.1. The average Bonchev–Trinajstić information content (AvgIpc) is 2.95. The topological polar surface area (TPSA) is 56.2 Å². The number of aromatic nitrogens is 2. The number of anilines is 1. The number of benzene rings is 1. The van der Waals surface area contributed by atoms with Crippen LogP contribution in [0.5, 0.6) is 0 Å². The number of hydrogen-bond acceptors (Lipinski definition) is 3. The van der Waals surface area contributed by atoms with Gasteiger partial charge in [-0.1, -0.05) is 6.07 Å². The molecular formula is C16H18IN3O2. The Kier molecular flexibility index (Phi) is 5.09. The number of carbonyl (C=O) groups excluding carboxylic acids is 1. The molecule has 1 fully saturated rings. The van der Waals surface area contributed by atoms with E-state index >= 15 is 0 Å². The van der Waals surface area contributed by atoms with Crippen molar-refractivity contribution in [2.75, 3.05) is 11.9 Å². The fourth-order valence-electron chi connectivity index (χ4n) is 2.52. The Morgan fingerprint density at radius 3 is 3.14 bits per heavy atom. The summed E-state index contributed by atoms with van der Waals surface area (Å²) in [5.74, 6) is -0.119. The van der Waals surface area contributed by atoms with Crippen LogP contribution in [0.15, 0.2) is 36.7 Å². The number of amides is 1. The van der Waals surface area contributed by atoms with Crippen LogP contribution in [0.2, 0.25) is 0 Å². The van der Waals surface area contributed by atoms with Gasteiger partial charge in [0.1, 0.15) is 0 Å². The molecule has 1 saturated heterocycles. The van der Waals surface area contributed by atoms with E-state index in [-0.39, 0.29) is 12.0 Å². The van der Waals surface area contributed by atoms with E-state index < -0.39 is 0 Å². The lowest BCUT2D eigenvalue weighted by Gasteiger charge is -2.22. The number of rotatable bonds is 4. The van der Waals surface area contributed by atoms with Gasteiger partial charge in [-0.3, -0.25) is 9.48 Å². The number of halogens is 1. The molecule has 1 aromatic heterocycles. The monoisotopic (exact) mass is 411 g/mol. The first kappa shape index (κ1) is 15.5. The van der Waals surface area contributed by atoms with Gasteiger partial charge < -0.3 is 10.1 Å². The van der Waals surface area contributed by atoms with Crippen molar-refractivity contribution < 1.29 is 9.53 Å². The molecule has 0 bridgehead atoms. The lowest BCUT2D eigenvalue weighted by Crippen LogP contribution is -2.24. The van der Waals surface area contributed by atoms with Crippen molar-refractivity contribution in [2.24, 2.45) is 0 Å². The Morgan fingerprint density at radius 2 is 2.36 bits per heavy atom. The summed E-state index contributed by atoms with van der Waals surface area (Å²) < 4.78 is 8.58. The zero-order valence-electron chi connectivity index (χ0n) is 12.2. The van der Waals surface area contributed by atoms with Gasteiger partial charge in [-0.15, -0.1) is 0 Å². The fraction of sp³-hybridized carbons (Fsp3) is 0.375. The molecule has 1 unspecified atom stereocenters. The minimum atomic E-state index is -0.119. The van der Waals surface area contributed by atoms with Gasteiger partial charge in [0.05, 0.1) is 24.5 Å². The van der Waals surface area contributed by atoms with E-state index in [2.05, 4.69) is 33.0 Å². The van der Waals surface area contributed by atoms with Crippen LogP contribution in [0.4, 0.5) is 5.69 Å². The molecule has 6 heteroatoms. The number of carbonyl (C=O) groups is 1. The van der Waals surface area contributed by atoms with Crippen LogP contribution in [0.3, 0.4) is 0 Å². The van der Waals surface area contributed by atoms with Crippen molar-refractivity contribution in [3.8, 4) is 0 Å². The van der Waals surface area contributed by atoms with E-state index in [0.29, 0.717) is 11.3 Å². The van der Waals surface area contributed by atoms with E-state index in [9.17, 15) is 4.79 Å². The third-order valence-corrected chi connectivity index (χ3v) is 4.31. The number of ether oxygens (including phenoxy) is 1. The second-order valence-electron chi connectivity index (χ2n) is 5.40. The van der Waals surface area contributed by atoms with Crippen LogP contribution in [-0.4, -0.2) is 28.4 Å². The van der Waals surface area contributed by atoms with Crippen molar-refractivity contribution in [1.82, 2.24) is 9.78 Å². The molecule has 22 heavy (non-hydrogen) atoms. The van der Waals surface area contributed by atoms with Crippen molar-refractivity contribution in [1.29, 1.82) is 0 Å². The minimum Gasteiger partial charge on any atom is -0.376 e. The zero-order chi connectivity index (χ0) is 15.4. The third kappa shape index (κ3) is 4.07. The standard InChI is InChI=1S/C16H18IN3O2/c17-13-5-3-4-12(8-13)16(21)19-14-9-18-20(10-14)11-15-6-1-2-7-22-15/h3-5,8-10,15H,1-2,6-7,11H2,(H,19,21). The minimum absolute atomic E-state index is 0.119. The molecule has 1 N–H and O–H groups in total. The van der Waals surface area contributed by atoms with Crippen molar-refractivity contribution in [3.63, 3.8) is 0 Å². The van der Waals surface area contributed by atoms with Gasteiger partial charge in [-0.2, -0.15) is 5.10 Å². The number of hydrogen-bond donors (Lipinski definition) is 1. The lowest BCUT2D eigenvalue weighted by molar-refractivity contribution is 0.00401. The first-order chi connectivity index (χ1) is 10.7. The summed E-state index contributed by atoms with van der Waals surface area (Å²) in [4.78, 5) is 12.2. The highest BCUT2D eigenvalue weighted by molar-refractivity contribution is 14.1. The molecule has 1 aliphatic rings. The summed E-state index contributed by atoms with van der Waals surface area (Å²) in [5, 5.41) is 7.17. The summed E-state index contributed by atoms with van der Waals surface area (Å²) >= 11 is 2.19. The summed E-state index contributed by atoms with van der Waals surface area (Å²) in [6, 6.07) is 7.49. The molecule has 2 heterocycles. The van der Waals surface area contributed by atoms with Crippen molar-refractivity contribution >= 4 is 34.2 Å². The van der Waals surface area contributed by atoms with E-state index in [1.165, 1.54) is 6.42 Å². The predicted molar refractivity (Wildman–Crippen MR) is 92.9 cm³/mol. The average molecular weight is 411 g/mol. The van der Waals surface area contributed by atoms with E-state index in [1.54, 1.807) is 12.3 Å². The smallest absolute Gasteiger partial charge is 0.255 e. The van der Waals surface area contributed by atoms with Crippen molar-refractivity contribution in [2.45, 2.75) is 31.9 Å². The first-order valence-corrected chi connectivity index (χ1v) is 8.49. The molecule has 1 amide bonds. The van der Waals surface area contributed by atoms with Crippen molar-refractivity contribution in [3.05, 3.63) is 45.8 Å². The van der Waals surface area contributed by atoms with Crippen LogP contribution < -0.4 is 5.32 Å². The van der Waals surface area contributed by atoms with Crippen LogP contribution in [-0.2, 0) is 11.3 Å². The molecule has 0 saturated carbocycles. The van der Waals surface area contributed by atoms with Gasteiger partial charge in [-0.05, 0) is 60.1 Å². The van der Waals surface area contributed by atoms with Gasteiger partial charge in [0, 0.05) is 21.9 Å². The molecule has 1 aromatic carbocycles. The highest BCUT2D eigenvalue weighted by Gasteiger charge is 2.15. The maximum absolute atomic E-state index is 12.2. The summed E-state index contributed by atoms with van der Waals surface area (Å²) in [5.41, 5.74) is 1.36. The van der Waals surface area contributed by atoms with Crippen LogP contribution in [0.1, 0.15) is 29.6 Å². The third-order valence-electron chi connectivity index (χ3n) is 3.64. The largest absolute Gasteiger partial charge is 0.376 e. The fourth-order valence-corrected chi connectivity index (χ4v) is 3.06. The number of nitrogens with one attached hydrogen (secondary N) is 1. The predicted octanol–water partition coefficient (Wildman–Crippen LogP) is 3.31. The molecular weight excluding hydrogens is 393 g/mol. The molecule has 3 rings (SSSR count). The van der Waals surface area contributed by atoms with Crippen LogP contribution in [0, 0.1) is 3.57 Å². The second-order valence-corrected chi connectivity index (χ2v) is 6.65. The number of nitrogens with zero attached hydrogens (tertiary/aromatic N) is 2. The maximum Gasteiger partial charge on any atom is 0.255 e. The summed E-state index contributed by atoms with van der Waals surface area (Å²) in [6.45, 7) is 1.57. The van der Waals surface area contributed by atoms with E-state index in [0.717, 1.165) is 29.6 Å². The summed E-state index contributed by atoms with van der Waals surface area (Å²) in [7, 11) is 0.